The fourth-order valence-electron chi connectivity index (χ4n) is 2.79. The van der Waals surface area contributed by atoms with Crippen LogP contribution in [0.15, 0.2) is 47.6 Å². The maximum absolute atomic E-state index is 12.6. The lowest BCUT2D eigenvalue weighted by molar-refractivity contribution is -0.138. The van der Waals surface area contributed by atoms with Gasteiger partial charge in [0.25, 0.3) is 0 Å². The molecule has 0 bridgehead atoms. The molecular weight excluding hydrogens is 349 g/mol. The van der Waals surface area contributed by atoms with Gasteiger partial charge in [-0.05, 0) is 36.6 Å². The zero-order chi connectivity index (χ0) is 18.0. The molecule has 0 fully saturated rings. The Balaban J connectivity index is 1.63. The van der Waals surface area contributed by atoms with E-state index in [2.05, 4.69) is 11.1 Å². The van der Waals surface area contributed by atoms with E-state index in [0.717, 1.165) is 24.2 Å². The van der Waals surface area contributed by atoms with Crippen LogP contribution >= 0.6 is 11.8 Å². The Labute approximate surface area is 148 Å². The van der Waals surface area contributed by atoms with Crippen LogP contribution in [0.1, 0.15) is 23.6 Å². The van der Waals surface area contributed by atoms with Gasteiger partial charge < -0.3 is 4.90 Å². The third-order valence-corrected chi connectivity index (χ3v) is 5.19. The number of hydrogen-bond acceptors (Lipinski definition) is 3. The number of carbonyl (C=O) groups is 1. The molecule has 1 aromatic heterocycles. The van der Waals surface area contributed by atoms with E-state index < -0.39 is 17.0 Å². The topological polar surface area (TPSA) is 33.2 Å². The first-order chi connectivity index (χ1) is 11.8. The first-order valence-electron chi connectivity index (χ1n) is 7.90. The highest BCUT2D eigenvalue weighted by Gasteiger charge is 2.31. The second kappa shape index (κ2) is 7.07. The Morgan fingerprint density at radius 3 is 2.56 bits per heavy atom. The lowest BCUT2D eigenvalue weighted by Gasteiger charge is -2.30. The molecule has 0 saturated carbocycles. The molecule has 1 aromatic carbocycles. The number of fused-ring (bicyclic) bond motifs is 1. The van der Waals surface area contributed by atoms with Crippen molar-refractivity contribution in [1.29, 1.82) is 0 Å². The van der Waals surface area contributed by atoms with Gasteiger partial charge in [0.15, 0.2) is 0 Å². The summed E-state index contributed by atoms with van der Waals surface area (Å²) >= 11 is 1.18. The normalized spacial score (nSPS) is 15.6. The van der Waals surface area contributed by atoms with Crippen molar-refractivity contribution in [3.63, 3.8) is 0 Å². The molecule has 1 aliphatic rings. The number of halogens is 3. The maximum atomic E-state index is 12.6. The summed E-state index contributed by atoms with van der Waals surface area (Å²) in [7, 11) is 0. The molecule has 2 aromatic rings. The van der Waals surface area contributed by atoms with Gasteiger partial charge in [-0.3, -0.25) is 4.79 Å². The van der Waals surface area contributed by atoms with Gasteiger partial charge in [-0.25, -0.2) is 4.98 Å². The van der Waals surface area contributed by atoms with Crippen molar-refractivity contribution in [1.82, 2.24) is 9.88 Å². The van der Waals surface area contributed by atoms with Crippen LogP contribution in [0.25, 0.3) is 0 Å². The van der Waals surface area contributed by atoms with Crippen LogP contribution < -0.4 is 0 Å². The summed E-state index contributed by atoms with van der Waals surface area (Å²) in [5.41, 5.74) is 1.62. The number of rotatable bonds is 3. The summed E-state index contributed by atoms with van der Waals surface area (Å²) in [5, 5.41) is 0.000702. The molecule has 7 heteroatoms. The highest BCUT2D eigenvalue weighted by molar-refractivity contribution is 8.00. The van der Waals surface area contributed by atoms with Gasteiger partial charge in [0.1, 0.15) is 0 Å². The van der Waals surface area contributed by atoms with E-state index in [4.69, 9.17) is 0 Å². The first kappa shape index (κ1) is 17.8. The fourth-order valence-corrected chi connectivity index (χ4v) is 3.66. The molecule has 0 N–H and O–H groups in total. The molecule has 0 saturated heterocycles. The van der Waals surface area contributed by atoms with Crippen molar-refractivity contribution in [2.45, 2.75) is 36.3 Å². The molecule has 1 atom stereocenters. The first-order valence-corrected chi connectivity index (χ1v) is 8.78. The van der Waals surface area contributed by atoms with Crippen LogP contribution in [0.4, 0.5) is 13.2 Å². The van der Waals surface area contributed by atoms with Gasteiger partial charge in [-0.1, -0.05) is 36.0 Å². The van der Waals surface area contributed by atoms with Crippen LogP contribution in [-0.2, 0) is 23.9 Å². The van der Waals surface area contributed by atoms with Crippen molar-refractivity contribution in [3.8, 4) is 0 Å². The molecule has 0 radical (unpaired) electrons. The zero-order valence-corrected chi connectivity index (χ0v) is 14.4. The minimum Gasteiger partial charge on any atom is -0.337 e. The number of aromatic nitrogens is 1. The molecule has 2 heterocycles. The summed E-state index contributed by atoms with van der Waals surface area (Å²) in [5.74, 6) is -0.0267. The Bertz CT molecular complexity index is 762. The summed E-state index contributed by atoms with van der Waals surface area (Å²) < 4.78 is 37.7. The van der Waals surface area contributed by atoms with Gasteiger partial charge >= 0.3 is 6.18 Å². The Morgan fingerprint density at radius 1 is 1.20 bits per heavy atom. The molecular formula is C18H17F3N2OS. The van der Waals surface area contributed by atoms with Crippen molar-refractivity contribution >= 4 is 17.7 Å². The minimum absolute atomic E-state index is 0.0267. The molecule has 3 rings (SSSR count). The molecule has 0 aliphatic carbocycles. The van der Waals surface area contributed by atoms with Gasteiger partial charge in [0.2, 0.25) is 5.91 Å². The minimum atomic E-state index is -4.40. The van der Waals surface area contributed by atoms with Gasteiger partial charge in [0.05, 0.1) is 15.8 Å². The quantitative estimate of drug-likeness (QED) is 0.765. The molecule has 1 aliphatic heterocycles. The second-order valence-electron chi connectivity index (χ2n) is 5.92. The Kier molecular flexibility index (Phi) is 5.03. The number of pyridine rings is 1. The maximum Gasteiger partial charge on any atom is 0.417 e. The number of carbonyl (C=O) groups excluding carboxylic acids is 1. The largest absolute Gasteiger partial charge is 0.417 e. The Morgan fingerprint density at radius 2 is 1.92 bits per heavy atom. The Hall–Kier alpha value is -2.02. The summed E-state index contributed by atoms with van der Waals surface area (Å²) in [6, 6.07) is 10.3. The van der Waals surface area contributed by atoms with Crippen molar-refractivity contribution < 1.29 is 18.0 Å². The monoisotopic (exact) mass is 366 g/mol. The number of benzene rings is 1. The van der Waals surface area contributed by atoms with E-state index >= 15 is 0 Å². The molecule has 1 amide bonds. The number of hydrogen-bond donors (Lipinski definition) is 0. The summed E-state index contributed by atoms with van der Waals surface area (Å²) in [6.07, 6.45) is -2.78. The van der Waals surface area contributed by atoms with Crippen LogP contribution in [-0.4, -0.2) is 27.6 Å². The number of thioether (sulfide) groups is 1. The van der Waals surface area contributed by atoms with Gasteiger partial charge in [-0.2, -0.15) is 13.2 Å². The second-order valence-corrected chi connectivity index (χ2v) is 7.28. The lowest BCUT2D eigenvalue weighted by atomic mass is 10.00. The molecule has 3 nitrogen and oxygen atoms in total. The van der Waals surface area contributed by atoms with Gasteiger partial charge in [-0.15, -0.1) is 0 Å². The molecule has 1 unspecified atom stereocenters. The lowest BCUT2D eigenvalue weighted by Crippen LogP contribution is -2.40. The van der Waals surface area contributed by atoms with Crippen LogP contribution in [0.3, 0.4) is 0 Å². The average Bonchev–Trinajstić information content (AvgIpc) is 2.60. The van der Waals surface area contributed by atoms with Crippen molar-refractivity contribution in [3.05, 3.63) is 59.3 Å². The highest BCUT2D eigenvalue weighted by atomic mass is 32.2. The van der Waals surface area contributed by atoms with E-state index in [0.29, 0.717) is 18.1 Å². The standard InChI is InChI=1S/C18H17F3N2OS/c1-12(25-16-7-6-15(10-22-16)18(19,20)21)17(24)23-9-8-13-4-2-3-5-14(13)11-23/h2-7,10,12H,8-9,11H2,1H3. The molecule has 132 valence electrons. The zero-order valence-electron chi connectivity index (χ0n) is 13.6. The summed E-state index contributed by atoms with van der Waals surface area (Å²) in [6.45, 7) is 2.98. The van der Waals surface area contributed by atoms with E-state index in [9.17, 15) is 18.0 Å². The van der Waals surface area contributed by atoms with Crippen molar-refractivity contribution in [2.75, 3.05) is 6.54 Å². The molecule has 25 heavy (non-hydrogen) atoms. The van der Waals surface area contributed by atoms with E-state index in [1.165, 1.54) is 23.4 Å². The fraction of sp³-hybridized carbons (Fsp3) is 0.333. The third kappa shape index (κ3) is 4.15. The number of nitrogens with zero attached hydrogens (tertiary/aromatic N) is 2. The summed E-state index contributed by atoms with van der Waals surface area (Å²) in [4.78, 5) is 18.3. The van der Waals surface area contributed by atoms with E-state index in [1.54, 1.807) is 11.8 Å². The molecule has 0 spiro atoms. The van der Waals surface area contributed by atoms with Crippen LogP contribution in [0.5, 0.6) is 0 Å². The predicted molar refractivity (Wildman–Crippen MR) is 90.1 cm³/mol. The SMILES string of the molecule is CC(Sc1ccc(C(F)(F)F)cn1)C(=O)N1CCc2ccccc2C1. The highest BCUT2D eigenvalue weighted by Crippen LogP contribution is 2.31. The number of alkyl halides is 3. The smallest absolute Gasteiger partial charge is 0.337 e. The van der Waals surface area contributed by atoms with E-state index in [1.807, 2.05) is 18.2 Å². The predicted octanol–water partition coefficient (Wildman–Crippen LogP) is 4.17. The van der Waals surface area contributed by atoms with E-state index in [-0.39, 0.29) is 5.91 Å². The van der Waals surface area contributed by atoms with Gasteiger partial charge in [0, 0.05) is 19.3 Å². The van der Waals surface area contributed by atoms with Crippen LogP contribution in [0, 0.1) is 0 Å². The average molecular weight is 366 g/mol. The van der Waals surface area contributed by atoms with Crippen LogP contribution in [0.2, 0.25) is 0 Å². The third-order valence-electron chi connectivity index (χ3n) is 4.15. The van der Waals surface area contributed by atoms with Crippen molar-refractivity contribution in [2.24, 2.45) is 0 Å². The number of amides is 1.